The Bertz CT molecular complexity index is 3030. The van der Waals surface area contributed by atoms with Crippen molar-refractivity contribution in [3.63, 3.8) is 0 Å². The Morgan fingerprint density at radius 1 is 0.667 bits per heavy atom. The van der Waals surface area contributed by atoms with E-state index >= 15 is 0 Å². The number of hydrogen-bond donors (Lipinski definition) is 5. The van der Waals surface area contributed by atoms with Crippen LogP contribution in [0.2, 0.25) is 0 Å². The summed E-state index contributed by atoms with van der Waals surface area (Å²) in [5.74, 6) is 0.295. The van der Waals surface area contributed by atoms with Gasteiger partial charge in [-0.25, -0.2) is 28.7 Å². The summed E-state index contributed by atoms with van der Waals surface area (Å²) >= 11 is 0. The predicted octanol–water partition coefficient (Wildman–Crippen LogP) is 7.52. The monoisotopic (exact) mass is 849 g/mol. The molecule has 4 heterocycles. The van der Waals surface area contributed by atoms with Crippen molar-refractivity contribution in [2.45, 2.75) is 58.0 Å². The maximum Gasteiger partial charge on any atom is 0.251 e. The Kier molecular flexibility index (Phi) is 11.1. The third-order valence-corrected chi connectivity index (χ3v) is 10.8. The fourth-order valence-corrected chi connectivity index (χ4v) is 7.23. The smallest absolute Gasteiger partial charge is 0.251 e. The van der Waals surface area contributed by atoms with Crippen LogP contribution in [0.15, 0.2) is 97.3 Å². The summed E-state index contributed by atoms with van der Waals surface area (Å²) in [6.45, 7) is 5.30. The van der Waals surface area contributed by atoms with Gasteiger partial charge in [-0.05, 0) is 80.1 Å². The van der Waals surface area contributed by atoms with E-state index in [0.717, 1.165) is 54.7 Å². The molecule has 2 fully saturated rings. The molecule has 2 saturated carbocycles. The number of nitrogens with two attached hydrogens (primary N) is 1. The minimum Gasteiger partial charge on any atom is -0.370 e. The number of halogens is 2. The lowest BCUT2D eigenvalue weighted by Gasteiger charge is -2.13. The minimum absolute atomic E-state index is 0.0518. The van der Waals surface area contributed by atoms with E-state index in [2.05, 4.69) is 55.1 Å². The number of rotatable bonds is 13. The molecule has 0 atom stereocenters. The van der Waals surface area contributed by atoms with E-state index < -0.39 is 5.91 Å². The molecule has 10 rings (SSSR count). The standard InChI is InChI=1S/C24H24FN5O.C23H21FN6O2/c1-14(2)12-26-22-23-27-13-21(30(23)20-11-17(25)7-10-19(20)29-22)15-3-5-16(6-4-15)24(31)28-18-8-9-18;24-15-5-8-17-18(11-15)30-19(12-27-22(30)21(29-17)26-10-9-20(25)31)13-1-3-14(4-2-13)23(32)28-16-6-7-16/h3-7,10-11,13-14,18H,8-9,12H2,1-2H3,(H,26,29)(H,28,31);1-5,8,11-12,16H,6-7,9-10H2,(H2,25,31)(H,26,29)(H,28,32). The second kappa shape index (κ2) is 17.1. The Balaban J connectivity index is 0.000000160. The number of hydrogen-bond acceptors (Lipinski definition) is 9. The van der Waals surface area contributed by atoms with Gasteiger partial charge in [-0.2, -0.15) is 0 Å². The average Bonchev–Trinajstić information content (AvgIpc) is 4.18. The normalized spacial score (nSPS) is 13.6. The number of primary amides is 1. The predicted molar refractivity (Wildman–Crippen MR) is 238 cm³/mol. The molecule has 8 aromatic rings. The maximum atomic E-state index is 14.1. The van der Waals surface area contributed by atoms with Crippen molar-refractivity contribution in [2.75, 3.05) is 23.7 Å². The van der Waals surface area contributed by atoms with E-state index in [1.165, 1.54) is 24.3 Å². The summed E-state index contributed by atoms with van der Waals surface area (Å²) in [6.07, 6.45) is 7.75. The summed E-state index contributed by atoms with van der Waals surface area (Å²) in [5.41, 5.74) is 13.3. The van der Waals surface area contributed by atoms with Crippen LogP contribution in [-0.2, 0) is 4.79 Å². The number of nitrogens with one attached hydrogen (secondary N) is 4. The third kappa shape index (κ3) is 8.96. The quantitative estimate of drug-likeness (QED) is 0.0783. The van der Waals surface area contributed by atoms with Gasteiger partial charge in [0.1, 0.15) is 11.6 Å². The van der Waals surface area contributed by atoms with Crippen LogP contribution in [0, 0.1) is 17.6 Å². The molecule has 3 amide bonds. The lowest BCUT2D eigenvalue weighted by Crippen LogP contribution is -2.25. The van der Waals surface area contributed by atoms with E-state index in [1.807, 2.05) is 45.2 Å². The van der Waals surface area contributed by atoms with Gasteiger partial charge < -0.3 is 27.0 Å². The molecule has 0 saturated heterocycles. The second-order valence-corrected chi connectivity index (χ2v) is 16.4. The first-order valence-corrected chi connectivity index (χ1v) is 21.0. The number of nitrogens with zero attached hydrogens (tertiary/aromatic N) is 6. The highest BCUT2D eigenvalue weighted by Gasteiger charge is 2.25. The number of anilines is 2. The maximum absolute atomic E-state index is 14.1. The molecule has 4 aromatic carbocycles. The summed E-state index contributed by atoms with van der Waals surface area (Å²) in [4.78, 5) is 54.0. The molecular formula is C47H45F2N11O3. The number of carbonyl (C=O) groups excluding carboxylic acids is 3. The van der Waals surface area contributed by atoms with E-state index in [0.29, 0.717) is 74.6 Å². The van der Waals surface area contributed by atoms with E-state index in [1.54, 1.807) is 36.7 Å². The minimum atomic E-state index is -0.425. The lowest BCUT2D eigenvalue weighted by molar-refractivity contribution is -0.117. The molecule has 0 radical (unpaired) electrons. The van der Waals surface area contributed by atoms with Crippen LogP contribution in [-0.4, -0.2) is 71.6 Å². The van der Waals surface area contributed by atoms with Gasteiger partial charge in [-0.15, -0.1) is 0 Å². The van der Waals surface area contributed by atoms with E-state index in [-0.39, 0.29) is 35.9 Å². The van der Waals surface area contributed by atoms with Crippen LogP contribution in [0.5, 0.6) is 0 Å². The van der Waals surface area contributed by atoms with Gasteiger partial charge in [0.05, 0.1) is 45.8 Å². The molecule has 14 nitrogen and oxygen atoms in total. The summed E-state index contributed by atoms with van der Waals surface area (Å²) in [7, 11) is 0. The van der Waals surface area contributed by atoms with Crippen molar-refractivity contribution in [1.82, 2.24) is 39.4 Å². The molecule has 2 aliphatic carbocycles. The molecule has 63 heavy (non-hydrogen) atoms. The number of amides is 3. The molecule has 6 N–H and O–H groups in total. The first kappa shape index (κ1) is 40.9. The molecule has 2 aliphatic rings. The summed E-state index contributed by atoms with van der Waals surface area (Å²) in [6, 6.07) is 24.2. The van der Waals surface area contributed by atoms with Crippen LogP contribution in [0.3, 0.4) is 0 Å². The second-order valence-electron chi connectivity index (χ2n) is 16.4. The van der Waals surface area contributed by atoms with Crippen molar-refractivity contribution < 1.29 is 23.2 Å². The van der Waals surface area contributed by atoms with Gasteiger partial charge in [-0.3, -0.25) is 23.2 Å². The number of aromatic nitrogens is 6. The molecule has 4 aromatic heterocycles. The van der Waals surface area contributed by atoms with E-state index in [4.69, 9.17) is 5.73 Å². The van der Waals surface area contributed by atoms with E-state index in [9.17, 15) is 23.2 Å². The summed E-state index contributed by atoms with van der Waals surface area (Å²) in [5, 5.41) is 12.4. The van der Waals surface area contributed by atoms with Crippen molar-refractivity contribution in [1.29, 1.82) is 0 Å². The molecule has 320 valence electrons. The zero-order valence-corrected chi connectivity index (χ0v) is 34.7. The molecule has 0 spiro atoms. The number of fused-ring (bicyclic) bond motifs is 6. The van der Waals surface area contributed by atoms with Gasteiger partial charge >= 0.3 is 0 Å². The van der Waals surface area contributed by atoms with Crippen molar-refractivity contribution in [3.8, 4) is 22.5 Å². The third-order valence-electron chi connectivity index (χ3n) is 10.8. The highest BCUT2D eigenvalue weighted by Crippen LogP contribution is 2.31. The highest BCUT2D eigenvalue weighted by atomic mass is 19.1. The van der Waals surface area contributed by atoms with Gasteiger partial charge in [-0.1, -0.05) is 38.1 Å². The first-order chi connectivity index (χ1) is 30.5. The SMILES string of the molecule is CC(C)CNc1nc2ccc(F)cc2n2c(-c3ccc(C(=O)NC4CC4)cc3)cnc12.NC(=O)CCNc1nc2ccc(F)cc2n2c(-c3ccc(C(=O)NC4CC4)cc3)cnc12. The van der Waals surface area contributed by atoms with Crippen LogP contribution in [0.25, 0.3) is 55.9 Å². The molecule has 16 heteroatoms. The van der Waals surface area contributed by atoms with Crippen LogP contribution < -0.4 is 27.0 Å². The van der Waals surface area contributed by atoms with Crippen LogP contribution in [0.4, 0.5) is 20.4 Å². The zero-order chi connectivity index (χ0) is 43.8. The van der Waals surface area contributed by atoms with Crippen LogP contribution >= 0.6 is 0 Å². The first-order valence-electron chi connectivity index (χ1n) is 21.0. The topological polar surface area (TPSA) is 186 Å². The zero-order valence-electron chi connectivity index (χ0n) is 34.7. The van der Waals surface area contributed by atoms with Gasteiger partial charge in [0, 0.05) is 66.0 Å². The number of imidazole rings is 2. The highest BCUT2D eigenvalue weighted by molar-refractivity contribution is 5.96. The average molecular weight is 850 g/mol. The Hall–Kier alpha value is -7.49. The Morgan fingerprint density at radius 3 is 1.52 bits per heavy atom. The number of benzene rings is 4. The fraction of sp³-hybridized carbons (Fsp3) is 0.255. The fourth-order valence-electron chi connectivity index (χ4n) is 7.23. The Morgan fingerprint density at radius 2 is 1.11 bits per heavy atom. The van der Waals surface area contributed by atoms with Crippen molar-refractivity contribution in [2.24, 2.45) is 11.7 Å². The van der Waals surface area contributed by atoms with Gasteiger partial charge in [0.25, 0.3) is 11.8 Å². The molecule has 0 bridgehead atoms. The number of carbonyl (C=O) groups is 3. The lowest BCUT2D eigenvalue weighted by atomic mass is 10.1. The molecular weight excluding hydrogens is 805 g/mol. The largest absolute Gasteiger partial charge is 0.370 e. The van der Waals surface area contributed by atoms with Crippen molar-refractivity contribution in [3.05, 3.63) is 120 Å². The molecule has 0 unspecified atom stereocenters. The Labute approximate surface area is 360 Å². The van der Waals surface area contributed by atoms with Gasteiger partial charge in [0.2, 0.25) is 5.91 Å². The van der Waals surface area contributed by atoms with Crippen LogP contribution in [0.1, 0.15) is 66.7 Å². The summed E-state index contributed by atoms with van der Waals surface area (Å²) < 4.78 is 31.9. The molecule has 0 aliphatic heterocycles. The van der Waals surface area contributed by atoms with Crippen molar-refractivity contribution >= 4 is 62.7 Å². The van der Waals surface area contributed by atoms with Gasteiger partial charge in [0.15, 0.2) is 22.9 Å².